The fourth-order valence-corrected chi connectivity index (χ4v) is 3.34. The fourth-order valence-electron chi connectivity index (χ4n) is 2.54. The van der Waals surface area contributed by atoms with Crippen LogP contribution in [0.3, 0.4) is 0 Å². The van der Waals surface area contributed by atoms with Crippen LogP contribution in [0.1, 0.15) is 30.0 Å². The maximum atomic E-state index is 13.0. The summed E-state index contributed by atoms with van der Waals surface area (Å²) in [6.45, 7) is 5.77. The summed E-state index contributed by atoms with van der Waals surface area (Å²) < 4.78 is -1.54. The topological polar surface area (TPSA) is 29.1 Å². The van der Waals surface area contributed by atoms with E-state index in [4.69, 9.17) is 34.8 Å². The van der Waals surface area contributed by atoms with Gasteiger partial charge in [0, 0.05) is 12.1 Å². The monoisotopic (exact) mass is 383 g/mol. The number of rotatable bonds is 4. The number of hydrogen-bond acceptors (Lipinski definition) is 1. The van der Waals surface area contributed by atoms with Gasteiger partial charge in [0.15, 0.2) is 3.79 Å². The quantitative estimate of drug-likeness (QED) is 0.647. The lowest BCUT2D eigenvalue weighted by molar-refractivity contribution is -0.121. The van der Waals surface area contributed by atoms with Crippen molar-refractivity contribution in [3.63, 3.8) is 0 Å². The zero-order valence-electron chi connectivity index (χ0n) is 13.9. The Morgan fingerprint density at radius 2 is 1.38 bits per heavy atom. The third-order valence-corrected chi connectivity index (χ3v) is 4.45. The van der Waals surface area contributed by atoms with Gasteiger partial charge in [0.1, 0.15) is 0 Å². The molecule has 0 saturated heterocycles. The van der Waals surface area contributed by atoms with E-state index in [1.807, 2.05) is 62.4 Å². The van der Waals surface area contributed by atoms with Crippen molar-refractivity contribution in [2.24, 2.45) is 0 Å². The number of aryl methyl sites for hydroxylation is 2. The number of amides is 1. The molecule has 2 nitrogen and oxygen atoms in total. The van der Waals surface area contributed by atoms with Crippen molar-refractivity contribution >= 4 is 46.4 Å². The predicted molar refractivity (Wildman–Crippen MR) is 103 cm³/mol. The molecule has 2 aromatic rings. The van der Waals surface area contributed by atoms with Crippen LogP contribution in [0.4, 0.5) is 5.69 Å². The van der Waals surface area contributed by atoms with Crippen LogP contribution < -0.4 is 5.32 Å². The van der Waals surface area contributed by atoms with Gasteiger partial charge in [0.05, 0.1) is 5.41 Å². The minimum absolute atomic E-state index is 0.0748. The van der Waals surface area contributed by atoms with E-state index in [1.54, 1.807) is 6.92 Å². The molecule has 0 saturated carbocycles. The van der Waals surface area contributed by atoms with E-state index < -0.39 is 9.21 Å². The zero-order chi connectivity index (χ0) is 18.0. The first kappa shape index (κ1) is 19.1. The first-order chi connectivity index (χ1) is 11.1. The average molecular weight is 385 g/mol. The minimum Gasteiger partial charge on any atom is -0.325 e. The standard InChI is InChI=1S/C19H20Cl3NO/c1-13-4-8-15(9-5-13)18(3,12-19(20,21)22)17(24)23-16-10-6-14(2)7-11-16/h4-11H,12H2,1-3H3,(H,23,24). The summed E-state index contributed by atoms with van der Waals surface area (Å²) in [5, 5.41) is 2.93. The minimum atomic E-state index is -1.54. The Balaban J connectivity index is 2.35. The van der Waals surface area contributed by atoms with Crippen LogP contribution in [-0.2, 0) is 10.2 Å². The molecule has 1 atom stereocenters. The molecule has 1 amide bonds. The van der Waals surface area contributed by atoms with Gasteiger partial charge in [-0.3, -0.25) is 4.79 Å². The molecule has 128 valence electrons. The van der Waals surface area contributed by atoms with Gasteiger partial charge in [-0.25, -0.2) is 0 Å². The van der Waals surface area contributed by atoms with Gasteiger partial charge in [-0.2, -0.15) is 0 Å². The Morgan fingerprint density at radius 1 is 0.917 bits per heavy atom. The summed E-state index contributed by atoms with van der Waals surface area (Å²) in [6.07, 6.45) is 0.0748. The molecule has 0 aliphatic heterocycles. The molecule has 0 aliphatic rings. The number of hydrogen-bond donors (Lipinski definition) is 1. The molecule has 0 spiro atoms. The number of nitrogens with one attached hydrogen (secondary N) is 1. The summed E-state index contributed by atoms with van der Waals surface area (Å²) in [4.78, 5) is 13.0. The second-order valence-electron chi connectivity index (χ2n) is 6.31. The van der Waals surface area contributed by atoms with Gasteiger partial charge in [0.2, 0.25) is 5.91 Å². The molecule has 2 rings (SSSR count). The largest absolute Gasteiger partial charge is 0.325 e. The average Bonchev–Trinajstić information content (AvgIpc) is 2.48. The van der Waals surface area contributed by atoms with E-state index >= 15 is 0 Å². The second kappa shape index (κ2) is 7.35. The molecule has 24 heavy (non-hydrogen) atoms. The highest BCUT2D eigenvalue weighted by molar-refractivity contribution is 6.67. The Kier molecular flexibility index (Phi) is 5.85. The van der Waals surface area contributed by atoms with E-state index in [9.17, 15) is 4.79 Å². The molecule has 0 aromatic heterocycles. The smallest absolute Gasteiger partial charge is 0.234 e. The van der Waals surface area contributed by atoms with Gasteiger partial charge in [0.25, 0.3) is 0 Å². The first-order valence-corrected chi connectivity index (χ1v) is 8.75. The second-order valence-corrected chi connectivity index (χ2v) is 8.83. The van der Waals surface area contributed by atoms with Crippen molar-refractivity contribution in [3.8, 4) is 0 Å². The van der Waals surface area contributed by atoms with E-state index in [-0.39, 0.29) is 12.3 Å². The SMILES string of the molecule is Cc1ccc(NC(=O)C(C)(CC(Cl)(Cl)Cl)c2ccc(C)cc2)cc1. The number of anilines is 1. The predicted octanol–water partition coefficient (Wildman–Crippen LogP) is 5.96. The number of carbonyl (C=O) groups is 1. The van der Waals surface area contributed by atoms with Crippen LogP contribution in [0.2, 0.25) is 0 Å². The molecule has 0 bridgehead atoms. The van der Waals surface area contributed by atoms with Gasteiger partial charge in [-0.15, -0.1) is 0 Å². The zero-order valence-corrected chi connectivity index (χ0v) is 16.1. The van der Waals surface area contributed by atoms with Crippen LogP contribution in [0.5, 0.6) is 0 Å². The number of benzene rings is 2. The van der Waals surface area contributed by atoms with E-state index in [1.165, 1.54) is 0 Å². The molecule has 1 unspecified atom stereocenters. The van der Waals surface area contributed by atoms with Crippen molar-refractivity contribution in [1.82, 2.24) is 0 Å². The van der Waals surface area contributed by atoms with Crippen LogP contribution >= 0.6 is 34.8 Å². The lowest BCUT2D eigenvalue weighted by atomic mass is 9.78. The van der Waals surface area contributed by atoms with Gasteiger partial charge in [-0.1, -0.05) is 82.3 Å². The Hall–Kier alpha value is -1.22. The van der Waals surface area contributed by atoms with E-state index in [2.05, 4.69) is 5.32 Å². The lowest BCUT2D eigenvalue weighted by Crippen LogP contribution is -2.40. The third kappa shape index (κ3) is 4.89. The highest BCUT2D eigenvalue weighted by Gasteiger charge is 2.42. The normalized spacial score (nSPS) is 14.1. The summed E-state index contributed by atoms with van der Waals surface area (Å²) in [6, 6.07) is 15.3. The summed E-state index contributed by atoms with van der Waals surface area (Å²) >= 11 is 18.1. The Labute approximate surface area is 158 Å². The number of carbonyl (C=O) groups excluding carboxylic acids is 1. The molecule has 5 heteroatoms. The molecule has 0 fully saturated rings. The van der Waals surface area contributed by atoms with Crippen molar-refractivity contribution in [1.29, 1.82) is 0 Å². The van der Waals surface area contributed by atoms with Gasteiger partial charge >= 0.3 is 0 Å². The van der Waals surface area contributed by atoms with Crippen molar-refractivity contribution < 1.29 is 4.79 Å². The van der Waals surface area contributed by atoms with Crippen molar-refractivity contribution in [3.05, 3.63) is 65.2 Å². The third-order valence-electron chi connectivity index (χ3n) is 4.05. The molecular weight excluding hydrogens is 365 g/mol. The van der Waals surface area contributed by atoms with Crippen molar-refractivity contribution in [2.75, 3.05) is 5.32 Å². The van der Waals surface area contributed by atoms with Crippen LogP contribution in [0.25, 0.3) is 0 Å². The number of alkyl halides is 3. The molecule has 1 N–H and O–H groups in total. The van der Waals surface area contributed by atoms with Gasteiger partial charge < -0.3 is 5.32 Å². The van der Waals surface area contributed by atoms with E-state index in [0.717, 1.165) is 16.7 Å². The van der Waals surface area contributed by atoms with Crippen LogP contribution in [0, 0.1) is 13.8 Å². The van der Waals surface area contributed by atoms with Crippen LogP contribution in [0.15, 0.2) is 48.5 Å². The van der Waals surface area contributed by atoms with Crippen LogP contribution in [-0.4, -0.2) is 9.70 Å². The highest BCUT2D eigenvalue weighted by atomic mass is 35.6. The maximum absolute atomic E-state index is 13.0. The lowest BCUT2D eigenvalue weighted by Gasteiger charge is -2.32. The first-order valence-electron chi connectivity index (χ1n) is 7.62. The Morgan fingerprint density at radius 3 is 1.83 bits per heavy atom. The van der Waals surface area contributed by atoms with Gasteiger partial charge in [-0.05, 0) is 38.5 Å². The fraction of sp³-hybridized carbons (Fsp3) is 0.316. The Bertz CT molecular complexity index is 705. The summed E-state index contributed by atoms with van der Waals surface area (Å²) in [5.74, 6) is -0.207. The molecular formula is C19H20Cl3NO. The number of halogens is 3. The van der Waals surface area contributed by atoms with Crippen molar-refractivity contribution in [2.45, 2.75) is 36.4 Å². The maximum Gasteiger partial charge on any atom is 0.234 e. The molecule has 2 aromatic carbocycles. The van der Waals surface area contributed by atoms with E-state index in [0.29, 0.717) is 5.69 Å². The summed E-state index contributed by atoms with van der Waals surface area (Å²) in [5.41, 5.74) is 2.78. The highest BCUT2D eigenvalue weighted by Crippen LogP contribution is 2.42. The molecule has 0 radical (unpaired) electrons. The molecule has 0 aliphatic carbocycles. The summed E-state index contributed by atoms with van der Waals surface area (Å²) in [7, 11) is 0. The molecule has 0 heterocycles.